The molecule has 0 radical (unpaired) electrons. The number of methoxy groups -OCH3 is 2. The molecule has 0 saturated carbocycles. The molecule has 0 N–H and O–H groups in total. The van der Waals surface area contributed by atoms with E-state index in [9.17, 15) is 4.79 Å². The largest absolute Gasteiger partial charge is 0.497 e. The lowest BCUT2D eigenvalue weighted by molar-refractivity contribution is 0.0990. The zero-order valence-electron chi connectivity index (χ0n) is 10.3. The van der Waals surface area contributed by atoms with Crippen LogP contribution in [0.15, 0.2) is 35.0 Å². The number of hydrogen-bond acceptors (Lipinski definition) is 4. The van der Waals surface area contributed by atoms with Gasteiger partial charge in [0, 0.05) is 6.42 Å². The number of ketones is 1. The summed E-state index contributed by atoms with van der Waals surface area (Å²) in [7, 11) is 3.14. The quantitative estimate of drug-likeness (QED) is 0.776. The van der Waals surface area contributed by atoms with Crippen LogP contribution in [0.2, 0.25) is 0 Å². The van der Waals surface area contributed by atoms with Crippen molar-refractivity contribution in [3.63, 3.8) is 0 Å². The van der Waals surface area contributed by atoms with Crippen LogP contribution in [0.1, 0.15) is 15.9 Å². The molecule has 0 amide bonds. The van der Waals surface area contributed by atoms with Crippen molar-refractivity contribution in [1.29, 1.82) is 0 Å². The first-order valence-corrected chi connectivity index (χ1v) is 6.45. The van der Waals surface area contributed by atoms with Gasteiger partial charge in [0.25, 0.3) is 0 Å². The van der Waals surface area contributed by atoms with E-state index in [4.69, 9.17) is 9.47 Å². The fourth-order valence-electron chi connectivity index (χ4n) is 1.71. The fourth-order valence-corrected chi connectivity index (χ4v) is 2.37. The molecule has 1 aromatic heterocycles. The minimum absolute atomic E-state index is 0.0316. The molecule has 18 heavy (non-hydrogen) atoms. The highest BCUT2D eigenvalue weighted by molar-refractivity contribution is 7.08. The van der Waals surface area contributed by atoms with Crippen molar-refractivity contribution < 1.29 is 14.3 Å². The Morgan fingerprint density at radius 2 is 2.06 bits per heavy atom. The number of ether oxygens (including phenoxy) is 2. The summed E-state index contributed by atoms with van der Waals surface area (Å²) < 4.78 is 10.3. The minimum atomic E-state index is 0.0316. The second-order valence-corrected chi connectivity index (χ2v) is 4.58. The number of hydrogen-bond donors (Lipinski definition) is 0. The monoisotopic (exact) mass is 262 g/mol. The zero-order valence-corrected chi connectivity index (χ0v) is 11.1. The summed E-state index contributed by atoms with van der Waals surface area (Å²) in [6, 6.07) is 7.20. The predicted molar refractivity (Wildman–Crippen MR) is 71.9 cm³/mol. The van der Waals surface area contributed by atoms with Crippen molar-refractivity contribution in [2.75, 3.05) is 14.2 Å². The Balaban J connectivity index is 2.27. The average Bonchev–Trinajstić information content (AvgIpc) is 2.90. The zero-order chi connectivity index (χ0) is 13.0. The van der Waals surface area contributed by atoms with Crippen LogP contribution in [0.5, 0.6) is 11.5 Å². The van der Waals surface area contributed by atoms with E-state index in [1.807, 2.05) is 16.8 Å². The number of rotatable bonds is 5. The van der Waals surface area contributed by atoms with Gasteiger partial charge in [-0.05, 0) is 40.6 Å². The lowest BCUT2D eigenvalue weighted by atomic mass is 10.0. The molecular weight excluding hydrogens is 248 g/mol. The summed E-state index contributed by atoms with van der Waals surface area (Å²) in [4.78, 5) is 12.2. The Morgan fingerprint density at radius 3 is 2.67 bits per heavy atom. The second-order valence-electron chi connectivity index (χ2n) is 3.80. The molecule has 1 aromatic carbocycles. The standard InChI is InChI=1S/C14H14O3S/c1-16-11-3-4-14(17-2)12(8-11)13(15)7-10-5-6-18-9-10/h3-6,8-9H,7H2,1-2H3. The molecule has 94 valence electrons. The van der Waals surface area contributed by atoms with Crippen molar-refractivity contribution in [3.8, 4) is 11.5 Å². The van der Waals surface area contributed by atoms with E-state index in [1.54, 1.807) is 43.8 Å². The van der Waals surface area contributed by atoms with E-state index in [2.05, 4.69) is 0 Å². The van der Waals surface area contributed by atoms with Crippen LogP contribution in [0.25, 0.3) is 0 Å². The highest BCUT2D eigenvalue weighted by Crippen LogP contribution is 2.25. The Bertz CT molecular complexity index is 532. The van der Waals surface area contributed by atoms with E-state index in [1.165, 1.54) is 0 Å². The summed E-state index contributed by atoms with van der Waals surface area (Å²) in [5.41, 5.74) is 1.58. The third-order valence-corrected chi connectivity index (χ3v) is 3.38. The molecule has 0 spiro atoms. The summed E-state index contributed by atoms with van der Waals surface area (Å²) in [6.07, 6.45) is 0.382. The molecule has 0 saturated heterocycles. The molecule has 0 aliphatic heterocycles. The first-order valence-electron chi connectivity index (χ1n) is 5.51. The van der Waals surface area contributed by atoms with Crippen LogP contribution in [0, 0.1) is 0 Å². The topological polar surface area (TPSA) is 35.5 Å². The third kappa shape index (κ3) is 2.71. The predicted octanol–water partition coefficient (Wildman–Crippen LogP) is 3.19. The molecule has 4 heteroatoms. The first-order chi connectivity index (χ1) is 8.74. The van der Waals surface area contributed by atoms with Crippen LogP contribution >= 0.6 is 11.3 Å². The molecule has 0 aliphatic carbocycles. The van der Waals surface area contributed by atoms with Gasteiger partial charge in [-0.2, -0.15) is 11.3 Å². The summed E-state index contributed by atoms with van der Waals surface area (Å²) >= 11 is 1.59. The molecule has 2 rings (SSSR count). The maximum Gasteiger partial charge on any atom is 0.171 e. The Labute approximate surface area is 110 Å². The van der Waals surface area contributed by atoms with E-state index in [0.717, 1.165) is 5.56 Å². The first kappa shape index (κ1) is 12.6. The summed E-state index contributed by atoms with van der Waals surface area (Å²) in [5, 5.41) is 3.94. The third-order valence-electron chi connectivity index (χ3n) is 2.65. The molecule has 2 aromatic rings. The van der Waals surface area contributed by atoms with Crippen molar-refractivity contribution >= 4 is 17.1 Å². The SMILES string of the molecule is COc1ccc(OC)c(C(=O)Cc2ccsc2)c1. The van der Waals surface area contributed by atoms with Crippen LogP contribution in [0.4, 0.5) is 0 Å². The van der Waals surface area contributed by atoms with E-state index >= 15 is 0 Å². The van der Waals surface area contributed by atoms with E-state index in [0.29, 0.717) is 23.5 Å². The van der Waals surface area contributed by atoms with Gasteiger partial charge in [-0.25, -0.2) is 0 Å². The van der Waals surface area contributed by atoms with Gasteiger partial charge >= 0.3 is 0 Å². The lowest BCUT2D eigenvalue weighted by Gasteiger charge is -2.09. The summed E-state index contributed by atoms with van der Waals surface area (Å²) in [6.45, 7) is 0. The van der Waals surface area contributed by atoms with Gasteiger partial charge in [0.15, 0.2) is 5.78 Å². The van der Waals surface area contributed by atoms with Crippen molar-refractivity contribution in [2.24, 2.45) is 0 Å². The summed E-state index contributed by atoms with van der Waals surface area (Å²) in [5.74, 6) is 1.27. The number of thiophene rings is 1. The van der Waals surface area contributed by atoms with E-state index < -0.39 is 0 Å². The number of carbonyl (C=O) groups excluding carboxylic acids is 1. The second kappa shape index (κ2) is 5.69. The van der Waals surface area contributed by atoms with Crippen LogP contribution < -0.4 is 9.47 Å². The van der Waals surface area contributed by atoms with Crippen molar-refractivity contribution in [3.05, 3.63) is 46.2 Å². The Kier molecular flexibility index (Phi) is 3.99. The molecular formula is C14H14O3S. The number of benzene rings is 1. The van der Waals surface area contributed by atoms with Crippen molar-refractivity contribution in [2.45, 2.75) is 6.42 Å². The highest BCUT2D eigenvalue weighted by Gasteiger charge is 2.14. The molecule has 3 nitrogen and oxygen atoms in total. The highest BCUT2D eigenvalue weighted by atomic mass is 32.1. The molecule has 0 unspecified atom stereocenters. The fraction of sp³-hybridized carbons (Fsp3) is 0.214. The molecule has 0 aliphatic rings. The van der Waals surface area contributed by atoms with E-state index in [-0.39, 0.29) is 5.78 Å². The maximum atomic E-state index is 12.2. The molecule has 1 heterocycles. The van der Waals surface area contributed by atoms with Crippen LogP contribution in [0.3, 0.4) is 0 Å². The van der Waals surface area contributed by atoms with Crippen LogP contribution in [-0.4, -0.2) is 20.0 Å². The molecule has 0 atom stereocenters. The molecule has 0 bridgehead atoms. The average molecular weight is 262 g/mol. The normalized spacial score (nSPS) is 10.1. The molecule has 0 fully saturated rings. The van der Waals surface area contributed by atoms with Gasteiger partial charge in [0.1, 0.15) is 11.5 Å². The van der Waals surface area contributed by atoms with Gasteiger partial charge in [-0.3, -0.25) is 4.79 Å². The maximum absolute atomic E-state index is 12.2. The Morgan fingerprint density at radius 1 is 1.22 bits per heavy atom. The minimum Gasteiger partial charge on any atom is -0.497 e. The van der Waals surface area contributed by atoms with Crippen molar-refractivity contribution in [1.82, 2.24) is 0 Å². The van der Waals surface area contributed by atoms with Gasteiger partial charge in [-0.1, -0.05) is 0 Å². The Hall–Kier alpha value is -1.81. The smallest absolute Gasteiger partial charge is 0.171 e. The van der Waals surface area contributed by atoms with Gasteiger partial charge < -0.3 is 9.47 Å². The number of Topliss-reactive ketones (excluding diaryl/α,β-unsaturated/α-hetero) is 1. The number of carbonyl (C=O) groups is 1. The van der Waals surface area contributed by atoms with Gasteiger partial charge in [-0.15, -0.1) is 0 Å². The van der Waals surface area contributed by atoms with Gasteiger partial charge in [0.05, 0.1) is 19.8 Å². The lowest BCUT2D eigenvalue weighted by Crippen LogP contribution is -2.05. The van der Waals surface area contributed by atoms with Gasteiger partial charge in [0.2, 0.25) is 0 Å². The van der Waals surface area contributed by atoms with Crippen LogP contribution in [-0.2, 0) is 6.42 Å².